The van der Waals surface area contributed by atoms with Crippen LogP contribution in [-0.4, -0.2) is 37.2 Å². The number of nitriles is 1. The van der Waals surface area contributed by atoms with Crippen LogP contribution in [0, 0.1) is 16.7 Å². The molecule has 1 N–H and O–H groups in total. The van der Waals surface area contributed by atoms with E-state index in [0.717, 1.165) is 24.8 Å². The molecular formula is C17H23N3O2. The first-order valence-corrected chi connectivity index (χ1v) is 7.68. The van der Waals surface area contributed by atoms with Crippen molar-refractivity contribution in [2.45, 2.75) is 32.3 Å². The lowest BCUT2D eigenvalue weighted by Crippen LogP contribution is -2.28. The van der Waals surface area contributed by atoms with E-state index in [1.807, 2.05) is 19.2 Å². The molecular weight excluding hydrogens is 278 g/mol. The largest absolute Gasteiger partial charge is 0.443 e. The summed E-state index contributed by atoms with van der Waals surface area (Å²) in [5.74, 6) is 0. The molecule has 1 heterocycles. The molecule has 5 nitrogen and oxygen atoms in total. The Bertz CT molecular complexity index is 553. The second kappa shape index (κ2) is 6.80. The number of allylic oxidation sites excluding steroid dienone is 4. The third kappa shape index (κ3) is 3.23. The molecule has 0 spiro atoms. The Morgan fingerprint density at radius 1 is 1.59 bits per heavy atom. The van der Waals surface area contributed by atoms with Crippen LogP contribution in [0.4, 0.5) is 4.79 Å². The van der Waals surface area contributed by atoms with Gasteiger partial charge in [0.25, 0.3) is 0 Å². The average molecular weight is 301 g/mol. The van der Waals surface area contributed by atoms with Gasteiger partial charge in [0.15, 0.2) is 0 Å². The first-order valence-electron chi connectivity index (χ1n) is 7.68. The molecule has 1 atom stereocenters. The smallest absolute Gasteiger partial charge is 0.414 e. The number of rotatable bonds is 7. The zero-order chi connectivity index (χ0) is 16.2. The van der Waals surface area contributed by atoms with Crippen LogP contribution >= 0.6 is 0 Å². The fourth-order valence-electron chi connectivity index (χ4n) is 2.77. The lowest BCUT2D eigenvalue weighted by Gasteiger charge is -2.14. The monoisotopic (exact) mass is 301 g/mol. The van der Waals surface area contributed by atoms with E-state index < -0.39 is 0 Å². The summed E-state index contributed by atoms with van der Waals surface area (Å²) in [6, 6.07) is 2.41. The van der Waals surface area contributed by atoms with Crippen molar-refractivity contribution in [1.29, 1.82) is 5.26 Å². The summed E-state index contributed by atoms with van der Waals surface area (Å²) in [5, 5.41) is 12.3. The van der Waals surface area contributed by atoms with Crippen LogP contribution in [0.25, 0.3) is 0 Å². The van der Waals surface area contributed by atoms with Gasteiger partial charge in [0.2, 0.25) is 0 Å². The lowest BCUT2D eigenvalue weighted by molar-refractivity contribution is 0.135. The van der Waals surface area contributed by atoms with Crippen molar-refractivity contribution < 1.29 is 9.53 Å². The second-order valence-electron chi connectivity index (χ2n) is 5.71. The van der Waals surface area contributed by atoms with E-state index in [9.17, 15) is 10.1 Å². The molecule has 2 fully saturated rings. The lowest BCUT2D eigenvalue weighted by atomic mass is 9.94. The summed E-state index contributed by atoms with van der Waals surface area (Å²) < 4.78 is 5.29. The number of hydrogen-bond donors (Lipinski definition) is 1. The van der Waals surface area contributed by atoms with E-state index >= 15 is 0 Å². The topological polar surface area (TPSA) is 65.4 Å². The quantitative estimate of drug-likeness (QED) is 0.734. The van der Waals surface area contributed by atoms with E-state index in [-0.39, 0.29) is 17.6 Å². The Morgan fingerprint density at radius 2 is 2.32 bits per heavy atom. The van der Waals surface area contributed by atoms with Crippen molar-refractivity contribution >= 4 is 6.09 Å². The standard InChI is InChI=1S/C17H23N3O2/c1-4-13(17(12-18)8-9-17)6-7-14(5-2)20-11-15(10-19-3)22-16(20)21/h5-7,15,19H,2,4,8-11H2,1,3H3/b13-6?,14-7+. The van der Waals surface area contributed by atoms with Crippen molar-refractivity contribution in [1.82, 2.24) is 10.2 Å². The van der Waals surface area contributed by atoms with Gasteiger partial charge in [0.1, 0.15) is 6.10 Å². The summed E-state index contributed by atoms with van der Waals surface area (Å²) in [5.41, 5.74) is 1.55. The average Bonchev–Trinajstić information content (AvgIpc) is 3.23. The summed E-state index contributed by atoms with van der Waals surface area (Å²) in [4.78, 5) is 13.5. The number of carbonyl (C=O) groups excluding carboxylic acids is 1. The van der Waals surface area contributed by atoms with Gasteiger partial charge >= 0.3 is 6.09 Å². The maximum absolute atomic E-state index is 12.0. The van der Waals surface area contributed by atoms with Crippen LogP contribution in [0.3, 0.4) is 0 Å². The van der Waals surface area contributed by atoms with E-state index in [0.29, 0.717) is 18.8 Å². The minimum Gasteiger partial charge on any atom is -0.443 e. The molecule has 1 aliphatic heterocycles. The number of ether oxygens (including phenoxy) is 1. The van der Waals surface area contributed by atoms with Crippen molar-refractivity contribution in [2.24, 2.45) is 5.41 Å². The van der Waals surface area contributed by atoms with Gasteiger partial charge in [0, 0.05) is 12.2 Å². The molecule has 2 rings (SSSR count). The molecule has 1 saturated heterocycles. The number of carbonyl (C=O) groups is 1. The molecule has 118 valence electrons. The highest BCUT2D eigenvalue weighted by Crippen LogP contribution is 2.52. The van der Waals surface area contributed by atoms with Gasteiger partial charge in [-0.05, 0) is 38.5 Å². The van der Waals surface area contributed by atoms with E-state index in [4.69, 9.17) is 4.74 Å². The molecule has 5 heteroatoms. The Labute approximate surface area is 131 Å². The van der Waals surface area contributed by atoms with Crippen LogP contribution in [0.15, 0.2) is 36.1 Å². The van der Waals surface area contributed by atoms with Gasteiger partial charge in [-0.25, -0.2) is 4.79 Å². The van der Waals surface area contributed by atoms with Crippen molar-refractivity contribution in [3.8, 4) is 6.07 Å². The summed E-state index contributed by atoms with van der Waals surface area (Å²) in [6.45, 7) is 6.97. The van der Waals surface area contributed by atoms with E-state index in [2.05, 4.69) is 24.9 Å². The van der Waals surface area contributed by atoms with Gasteiger partial charge in [-0.15, -0.1) is 0 Å². The molecule has 1 unspecified atom stereocenters. The second-order valence-corrected chi connectivity index (χ2v) is 5.71. The maximum atomic E-state index is 12.0. The molecule has 0 bridgehead atoms. The number of cyclic esters (lactones) is 1. The van der Waals surface area contributed by atoms with Crippen LogP contribution in [-0.2, 0) is 4.74 Å². The zero-order valence-electron chi connectivity index (χ0n) is 13.3. The number of likely N-dealkylation sites (N-methyl/N-ethyl adjacent to an activating group) is 1. The number of nitrogens with one attached hydrogen (secondary N) is 1. The Balaban J connectivity index is 2.16. The Morgan fingerprint density at radius 3 is 2.82 bits per heavy atom. The molecule has 0 aromatic carbocycles. The molecule has 22 heavy (non-hydrogen) atoms. The Hall–Kier alpha value is -2.06. The fourth-order valence-corrected chi connectivity index (χ4v) is 2.77. The summed E-state index contributed by atoms with van der Waals surface area (Å²) in [6.07, 6.45) is 7.68. The van der Waals surface area contributed by atoms with Gasteiger partial charge in [-0.3, -0.25) is 4.90 Å². The van der Waals surface area contributed by atoms with Gasteiger partial charge < -0.3 is 10.1 Å². The summed E-state index contributed by atoms with van der Waals surface area (Å²) >= 11 is 0. The first kappa shape index (κ1) is 16.3. The van der Waals surface area contributed by atoms with Crippen LogP contribution in [0.1, 0.15) is 26.2 Å². The highest BCUT2D eigenvalue weighted by molar-refractivity contribution is 5.73. The van der Waals surface area contributed by atoms with Gasteiger partial charge in [0.05, 0.1) is 18.0 Å². The number of nitrogens with zero attached hydrogens (tertiary/aromatic N) is 2. The highest BCUT2D eigenvalue weighted by Gasteiger charge is 2.45. The maximum Gasteiger partial charge on any atom is 0.414 e. The molecule has 0 aromatic rings. The van der Waals surface area contributed by atoms with Crippen LogP contribution in [0.2, 0.25) is 0 Å². The molecule has 1 amide bonds. The minimum atomic E-state index is -0.348. The first-order chi connectivity index (χ1) is 10.6. The van der Waals surface area contributed by atoms with Crippen molar-refractivity contribution in [3.05, 3.63) is 36.1 Å². The Kier molecular flexibility index (Phi) is 5.04. The van der Waals surface area contributed by atoms with E-state index in [1.165, 1.54) is 0 Å². The van der Waals surface area contributed by atoms with Crippen LogP contribution < -0.4 is 5.32 Å². The van der Waals surface area contributed by atoms with Gasteiger partial charge in [-0.2, -0.15) is 5.26 Å². The number of amides is 1. The van der Waals surface area contributed by atoms with E-state index in [1.54, 1.807) is 11.0 Å². The fraction of sp³-hybridized carbons (Fsp3) is 0.529. The zero-order valence-corrected chi connectivity index (χ0v) is 13.3. The number of hydrogen-bond acceptors (Lipinski definition) is 4. The highest BCUT2D eigenvalue weighted by atomic mass is 16.6. The predicted octanol–water partition coefficient (Wildman–Crippen LogP) is 2.74. The SMILES string of the molecule is C=C/C(=C\C=C(CC)C1(C#N)CC1)N1CC(CNC)OC1=O. The van der Waals surface area contributed by atoms with Crippen molar-refractivity contribution in [3.63, 3.8) is 0 Å². The molecule has 1 aliphatic carbocycles. The predicted molar refractivity (Wildman–Crippen MR) is 84.8 cm³/mol. The third-order valence-electron chi connectivity index (χ3n) is 4.24. The summed E-state index contributed by atoms with van der Waals surface area (Å²) in [7, 11) is 1.83. The molecule has 1 saturated carbocycles. The normalized spacial score (nSPS) is 24.0. The van der Waals surface area contributed by atoms with Crippen molar-refractivity contribution in [2.75, 3.05) is 20.1 Å². The molecule has 0 radical (unpaired) electrons. The third-order valence-corrected chi connectivity index (χ3v) is 4.24. The minimum absolute atomic E-state index is 0.149. The molecule has 2 aliphatic rings. The van der Waals surface area contributed by atoms with Gasteiger partial charge in [-0.1, -0.05) is 25.2 Å². The van der Waals surface area contributed by atoms with Crippen LogP contribution in [0.5, 0.6) is 0 Å². The molecule has 0 aromatic heterocycles.